The number of benzene rings is 1. The minimum Gasteiger partial charge on any atom is -0.496 e. The molecule has 0 radical (unpaired) electrons. The van der Waals surface area contributed by atoms with Gasteiger partial charge in [0.2, 0.25) is 5.91 Å². The fraction of sp³-hybridized carbons (Fsp3) is 0.579. The third-order valence-electron chi connectivity index (χ3n) is 5.04. The minimum absolute atomic E-state index is 0.0591. The summed E-state index contributed by atoms with van der Waals surface area (Å²) >= 11 is 0. The lowest BCUT2D eigenvalue weighted by Crippen LogP contribution is -2.57. The normalized spacial score (nSPS) is 23.1. The second-order valence-corrected chi connectivity index (χ2v) is 6.81. The maximum Gasteiger partial charge on any atom is 0.329 e. The van der Waals surface area contributed by atoms with Crippen LogP contribution >= 0.6 is 0 Å². The monoisotopic (exact) mass is 349 g/mol. The summed E-state index contributed by atoms with van der Waals surface area (Å²) in [4.78, 5) is 24.4. The predicted molar refractivity (Wildman–Crippen MR) is 93.9 cm³/mol. The maximum absolute atomic E-state index is 12.6. The number of carboxylic acids is 1. The van der Waals surface area contributed by atoms with Crippen molar-refractivity contribution in [3.63, 3.8) is 0 Å². The second kappa shape index (κ2) is 7.87. The zero-order valence-corrected chi connectivity index (χ0v) is 15.3. The Morgan fingerprint density at radius 3 is 2.40 bits per heavy atom. The molecule has 1 aromatic rings. The number of amides is 1. The number of rotatable bonds is 6. The van der Waals surface area contributed by atoms with Gasteiger partial charge in [-0.05, 0) is 56.7 Å². The van der Waals surface area contributed by atoms with Gasteiger partial charge in [-0.1, -0.05) is 6.07 Å². The summed E-state index contributed by atoms with van der Waals surface area (Å²) in [5.74, 6) is -0.633. The number of nitrogens with one attached hydrogen (secondary N) is 1. The van der Waals surface area contributed by atoms with E-state index < -0.39 is 11.5 Å². The van der Waals surface area contributed by atoms with Crippen molar-refractivity contribution in [3.05, 3.63) is 28.8 Å². The summed E-state index contributed by atoms with van der Waals surface area (Å²) in [6.45, 7) is 3.89. The highest BCUT2D eigenvalue weighted by atomic mass is 16.5. The lowest BCUT2D eigenvalue weighted by Gasteiger charge is -2.37. The quantitative estimate of drug-likeness (QED) is 0.824. The molecular weight excluding hydrogens is 322 g/mol. The number of hydrogen-bond acceptors (Lipinski definition) is 4. The van der Waals surface area contributed by atoms with E-state index >= 15 is 0 Å². The first-order chi connectivity index (χ1) is 11.8. The molecule has 0 aliphatic heterocycles. The molecule has 0 unspecified atom stereocenters. The number of methoxy groups -OCH3 is 2. The number of carboxylic acid groups (broad SMARTS) is 1. The number of aryl methyl sites for hydroxylation is 2. The molecule has 6 heteroatoms. The van der Waals surface area contributed by atoms with Crippen molar-refractivity contribution in [3.8, 4) is 5.75 Å². The Labute approximate surface area is 148 Å². The molecule has 1 saturated carbocycles. The summed E-state index contributed by atoms with van der Waals surface area (Å²) in [6.07, 6.45) is 2.14. The Bertz CT molecular complexity index is 647. The fourth-order valence-electron chi connectivity index (χ4n) is 3.55. The highest BCUT2D eigenvalue weighted by molar-refractivity contribution is 5.88. The van der Waals surface area contributed by atoms with Crippen molar-refractivity contribution >= 4 is 11.9 Å². The van der Waals surface area contributed by atoms with Crippen LogP contribution in [-0.4, -0.2) is 42.8 Å². The minimum atomic E-state index is -1.21. The third-order valence-corrected chi connectivity index (χ3v) is 5.04. The standard InChI is InChI=1S/C19H27NO5/c1-12-9-13(2)15(16(10-12)25-4)11-17(21)20-19(18(22)23)7-5-14(24-3)6-8-19/h9-10,14H,5-8,11H2,1-4H3,(H,20,21)(H,22,23). The van der Waals surface area contributed by atoms with Crippen LogP contribution in [0.15, 0.2) is 12.1 Å². The lowest BCUT2D eigenvalue weighted by atomic mass is 9.80. The van der Waals surface area contributed by atoms with Gasteiger partial charge in [0.1, 0.15) is 11.3 Å². The Kier molecular flexibility index (Phi) is 6.06. The van der Waals surface area contributed by atoms with Crippen molar-refractivity contribution in [2.45, 2.75) is 57.6 Å². The van der Waals surface area contributed by atoms with Gasteiger partial charge in [0.15, 0.2) is 0 Å². The van der Waals surface area contributed by atoms with Crippen molar-refractivity contribution in [2.24, 2.45) is 0 Å². The van der Waals surface area contributed by atoms with E-state index in [1.165, 1.54) is 0 Å². The fourth-order valence-corrected chi connectivity index (χ4v) is 3.55. The molecule has 0 spiro atoms. The molecular formula is C19H27NO5. The molecule has 0 saturated heterocycles. The average molecular weight is 349 g/mol. The van der Waals surface area contributed by atoms with Crippen LogP contribution in [0.25, 0.3) is 0 Å². The van der Waals surface area contributed by atoms with E-state index in [0.717, 1.165) is 16.7 Å². The number of carbonyl (C=O) groups excluding carboxylic acids is 1. The maximum atomic E-state index is 12.6. The van der Waals surface area contributed by atoms with E-state index in [1.54, 1.807) is 14.2 Å². The highest BCUT2D eigenvalue weighted by Crippen LogP contribution is 2.31. The number of carbonyl (C=O) groups is 2. The Balaban J connectivity index is 2.14. The Morgan fingerprint density at radius 1 is 1.24 bits per heavy atom. The van der Waals surface area contributed by atoms with Gasteiger partial charge in [0.25, 0.3) is 0 Å². The van der Waals surface area contributed by atoms with Crippen LogP contribution in [0.2, 0.25) is 0 Å². The zero-order valence-electron chi connectivity index (χ0n) is 15.3. The van der Waals surface area contributed by atoms with Crippen LogP contribution in [0.4, 0.5) is 0 Å². The first-order valence-electron chi connectivity index (χ1n) is 8.52. The summed E-state index contributed by atoms with van der Waals surface area (Å²) < 4.78 is 10.7. The van der Waals surface area contributed by atoms with Gasteiger partial charge in [-0.25, -0.2) is 4.79 Å². The van der Waals surface area contributed by atoms with Gasteiger partial charge in [-0.15, -0.1) is 0 Å². The third kappa shape index (κ3) is 4.31. The molecule has 6 nitrogen and oxygen atoms in total. The molecule has 2 rings (SSSR count). The lowest BCUT2D eigenvalue weighted by molar-refractivity contribution is -0.150. The van der Waals surface area contributed by atoms with Gasteiger partial charge < -0.3 is 19.9 Å². The largest absolute Gasteiger partial charge is 0.496 e. The first-order valence-corrected chi connectivity index (χ1v) is 8.52. The molecule has 1 aliphatic rings. The Morgan fingerprint density at radius 2 is 1.88 bits per heavy atom. The summed E-state index contributed by atoms with van der Waals surface area (Å²) in [6, 6.07) is 3.87. The van der Waals surface area contributed by atoms with Crippen LogP contribution in [0.5, 0.6) is 5.75 Å². The van der Waals surface area contributed by atoms with Gasteiger partial charge in [-0.2, -0.15) is 0 Å². The number of aliphatic carboxylic acids is 1. The second-order valence-electron chi connectivity index (χ2n) is 6.81. The topological polar surface area (TPSA) is 84.9 Å². The molecule has 2 N–H and O–H groups in total. The summed E-state index contributed by atoms with van der Waals surface area (Å²) in [5.41, 5.74) is 1.59. The average Bonchev–Trinajstić information content (AvgIpc) is 2.57. The van der Waals surface area contributed by atoms with Crippen molar-refractivity contribution < 1.29 is 24.2 Å². The van der Waals surface area contributed by atoms with Crippen molar-refractivity contribution in [1.29, 1.82) is 0 Å². The van der Waals surface area contributed by atoms with E-state index in [9.17, 15) is 14.7 Å². The predicted octanol–water partition coefficient (Wildman–Crippen LogP) is 2.38. The zero-order chi connectivity index (χ0) is 18.6. The SMILES string of the molecule is COc1cc(C)cc(C)c1CC(=O)NC1(C(=O)O)CCC(OC)CC1. The summed E-state index contributed by atoms with van der Waals surface area (Å²) in [5, 5.41) is 12.4. The summed E-state index contributed by atoms with van der Waals surface area (Å²) in [7, 11) is 3.20. The van der Waals surface area contributed by atoms with Crippen LogP contribution in [0.3, 0.4) is 0 Å². The molecule has 1 fully saturated rings. The van der Waals surface area contributed by atoms with E-state index in [4.69, 9.17) is 9.47 Å². The van der Waals surface area contributed by atoms with Crippen molar-refractivity contribution in [2.75, 3.05) is 14.2 Å². The van der Waals surface area contributed by atoms with E-state index in [1.807, 2.05) is 26.0 Å². The molecule has 25 heavy (non-hydrogen) atoms. The van der Waals surface area contributed by atoms with Crippen molar-refractivity contribution in [1.82, 2.24) is 5.32 Å². The van der Waals surface area contributed by atoms with Gasteiger partial charge in [0.05, 0.1) is 19.6 Å². The number of hydrogen-bond donors (Lipinski definition) is 2. The number of ether oxygens (including phenoxy) is 2. The molecule has 1 aromatic carbocycles. The van der Waals surface area contributed by atoms with Gasteiger partial charge in [0, 0.05) is 12.7 Å². The molecule has 0 atom stereocenters. The molecule has 0 bridgehead atoms. The van der Waals surface area contributed by atoms with Crippen LogP contribution in [-0.2, 0) is 20.7 Å². The van der Waals surface area contributed by atoms with Crippen LogP contribution in [0, 0.1) is 13.8 Å². The molecule has 0 heterocycles. The van der Waals surface area contributed by atoms with Crippen LogP contribution in [0.1, 0.15) is 42.4 Å². The van der Waals surface area contributed by atoms with E-state index in [2.05, 4.69) is 5.32 Å². The van der Waals surface area contributed by atoms with Gasteiger partial charge in [-0.3, -0.25) is 4.79 Å². The molecule has 1 aliphatic carbocycles. The highest BCUT2D eigenvalue weighted by Gasteiger charge is 2.43. The van der Waals surface area contributed by atoms with E-state index in [0.29, 0.717) is 31.4 Å². The molecule has 1 amide bonds. The first kappa shape index (κ1) is 19.2. The molecule has 0 aromatic heterocycles. The van der Waals surface area contributed by atoms with E-state index in [-0.39, 0.29) is 18.4 Å². The van der Waals surface area contributed by atoms with Crippen LogP contribution < -0.4 is 10.1 Å². The molecule has 138 valence electrons. The Hall–Kier alpha value is -2.08. The smallest absolute Gasteiger partial charge is 0.329 e. The van der Waals surface area contributed by atoms with Gasteiger partial charge >= 0.3 is 5.97 Å².